The number of benzene rings is 1. The van der Waals surface area contributed by atoms with E-state index >= 15 is 0 Å². The average molecular weight is 302 g/mol. The van der Waals surface area contributed by atoms with Crippen LogP contribution in [0.1, 0.15) is 33.3 Å². The predicted molar refractivity (Wildman–Crippen MR) is 82.7 cm³/mol. The fourth-order valence-electron chi connectivity index (χ4n) is 1.52. The second-order valence-corrected chi connectivity index (χ2v) is 8.92. The van der Waals surface area contributed by atoms with Gasteiger partial charge in [-0.3, -0.25) is 9.05 Å². The van der Waals surface area contributed by atoms with Crippen molar-refractivity contribution in [1.29, 1.82) is 0 Å². The lowest BCUT2D eigenvalue weighted by Crippen LogP contribution is -2.06. The summed E-state index contributed by atoms with van der Waals surface area (Å²) in [6.45, 7) is 4.42. The first-order chi connectivity index (χ1) is 8.91. The van der Waals surface area contributed by atoms with Gasteiger partial charge in [-0.2, -0.15) is 0 Å². The Hall–Kier alpha value is -0.280. The van der Waals surface area contributed by atoms with Crippen LogP contribution in [0.2, 0.25) is 0 Å². The largest absolute Gasteiger partial charge is 0.389 e. The smallest absolute Gasteiger partial charge is 0.298 e. The summed E-state index contributed by atoms with van der Waals surface area (Å²) in [6.07, 6.45) is 0.654. The molecule has 0 amide bonds. The van der Waals surface area contributed by atoms with Gasteiger partial charge in [0.05, 0.1) is 12.2 Å². The maximum Gasteiger partial charge on any atom is 0.389 e. The van der Waals surface area contributed by atoms with E-state index in [-0.39, 0.29) is 12.2 Å². The van der Waals surface area contributed by atoms with Crippen LogP contribution < -0.4 is 0 Å². The molecular weight excluding hydrogens is 279 g/mol. The molecule has 0 aromatic heterocycles. The molecule has 0 saturated heterocycles. The summed E-state index contributed by atoms with van der Waals surface area (Å²) in [5, 5.41) is 0. The minimum Gasteiger partial charge on any atom is -0.298 e. The number of hydrogen-bond acceptors (Lipinski definition) is 4. The molecule has 0 bridgehead atoms. The van der Waals surface area contributed by atoms with Crippen LogP contribution in [-0.4, -0.2) is 18.0 Å². The zero-order valence-electron chi connectivity index (χ0n) is 12.0. The molecule has 1 aromatic rings. The van der Waals surface area contributed by atoms with Gasteiger partial charge in [-0.15, -0.1) is 0 Å². The van der Waals surface area contributed by atoms with Crippen molar-refractivity contribution in [1.82, 2.24) is 0 Å². The molecule has 1 aromatic carbocycles. The van der Waals surface area contributed by atoms with E-state index in [2.05, 4.69) is 12.1 Å². The second kappa shape index (κ2) is 8.11. The summed E-state index contributed by atoms with van der Waals surface area (Å²) in [6, 6.07) is 10.1. The summed E-state index contributed by atoms with van der Waals surface area (Å²) < 4.78 is 23.5. The Labute approximate surface area is 120 Å². The minimum atomic E-state index is -3.05. The second-order valence-electron chi connectivity index (χ2n) is 4.82. The van der Waals surface area contributed by atoms with Crippen molar-refractivity contribution in [2.24, 2.45) is 0 Å². The minimum absolute atomic E-state index is 0.103. The van der Waals surface area contributed by atoms with E-state index in [9.17, 15) is 4.57 Å². The molecule has 0 N–H and O–H groups in total. The van der Waals surface area contributed by atoms with E-state index < -0.39 is 6.80 Å². The molecule has 0 radical (unpaired) electrons. The van der Waals surface area contributed by atoms with Crippen molar-refractivity contribution < 1.29 is 13.6 Å². The van der Waals surface area contributed by atoms with E-state index in [0.717, 1.165) is 12.2 Å². The summed E-state index contributed by atoms with van der Waals surface area (Å²) in [5.74, 6) is 0.723. The van der Waals surface area contributed by atoms with Crippen LogP contribution in [0.5, 0.6) is 0 Å². The van der Waals surface area contributed by atoms with Gasteiger partial charge in [0, 0.05) is 5.75 Å². The van der Waals surface area contributed by atoms with Crippen LogP contribution >= 0.6 is 18.2 Å². The maximum atomic E-state index is 12.5. The predicted octanol–water partition coefficient (Wildman–Crippen LogP) is 4.92. The van der Waals surface area contributed by atoms with Crippen LogP contribution in [-0.2, 0) is 20.0 Å². The standard InChI is InChI=1S/C14H23O3PS/c1-12(2)16-18(15,17-13(3)4)19-11-10-14-8-6-5-7-9-14/h5-9,12-13H,10-11H2,1-4H3. The van der Waals surface area contributed by atoms with Gasteiger partial charge in [-0.05, 0) is 51.1 Å². The lowest BCUT2D eigenvalue weighted by atomic mass is 10.2. The molecule has 0 aliphatic carbocycles. The average Bonchev–Trinajstić information content (AvgIpc) is 2.27. The summed E-state index contributed by atoms with van der Waals surface area (Å²) >= 11 is 1.29. The molecule has 0 heterocycles. The van der Waals surface area contributed by atoms with Crippen LogP contribution in [0.3, 0.4) is 0 Å². The van der Waals surface area contributed by atoms with Crippen molar-refractivity contribution >= 4 is 18.2 Å². The lowest BCUT2D eigenvalue weighted by molar-refractivity contribution is 0.156. The molecule has 0 spiro atoms. The molecule has 19 heavy (non-hydrogen) atoms. The first-order valence-electron chi connectivity index (χ1n) is 6.56. The Morgan fingerprint density at radius 3 is 2.05 bits per heavy atom. The van der Waals surface area contributed by atoms with E-state index in [1.54, 1.807) is 0 Å². The first kappa shape index (κ1) is 16.8. The van der Waals surface area contributed by atoms with Gasteiger partial charge in [-0.25, -0.2) is 4.57 Å². The highest BCUT2D eigenvalue weighted by molar-refractivity contribution is 8.55. The summed E-state index contributed by atoms with van der Waals surface area (Å²) in [5.41, 5.74) is 1.23. The van der Waals surface area contributed by atoms with Gasteiger partial charge >= 0.3 is 6.80 Å². The number of rotatable bonds is 8. The topological polar surface area (TPSA) is 35.5 Å². The molecule has 5 heteroatoms. The number of aryl methyl sites for hydroxylation is 1. The third kappa shape index (κ3) is 7.17. The van der Waals surface area contributed by atoms with Crippen LogP contribution in [0.4, 0.5) is 0 Å². The SMILES string of the molecule is CC(C)OP(=O)(OC(C)C)SCCc1ccccc1. The van der Waals surface area contributed by atoms with E-state index in [1.165, 1.54) is 16.9 Å². The zero-order valence-corrected chi connectivity index (χ0v) is 13.7. The number of hydrogen-bond donors (Lipinski definition) is 0. The normalized spacial score (nSPS) is 12.3. The molecule has 0 aliphatic heterocycles. The van der Waals surface area contributed by atoms with Gasteiger partial charge in [0.25, 0.3) is 0 Å². The maximum absolute atomic E-state index is 12.5. The Kier molecular flexibility index (Phi) is 7.16. The van der Waals surface area contributed by atoms with Crippen LogP contribution in [0, 0.1) is 0 Å². The van der Waals surface area contributed by atoms with Crippen molar-refractivity contribution in [2.45, 2.75) is 46.3 Å². The Morgan fingerprint density at radius 1 is 1.05 bits per heavy atom. The van der Waals surface area contributed by atoms with Crippen molar-refractivity contribution in [2.75, 3.05) is 5.75 Å². The van der Waals surface area contributed by atoms with Gasteiger partial charge in [0.15, 0.2) is 0 Å². The third-order valence-electron chi connectivity index (χ3n) is 2.16. The Morgan fingerprint density at radius 2 is 1.58 bits per heavy atom. The van der Waals surface area contributed by atoms with E-state index in [0.29, 0.717) is 0 Å². The zero-order chi connectivity index (χ0) is 14.3. The fourth-order valence-corrected chi connectivity index (χ4v) is 5.62. The fraction of sp³-hybridized carbons (Fsp3) is 0.571. The summed E-state index contributed by atoms with van der Waals surface area (Å²) in [7, 11) is 0. The first-order valence-corrected chi connectivity index (χ1v) is 9.70. The highest BCUT2D eigenvalue weighted by atomic mass is 32.7. The van der Waals surface area contributed by atoms with Crippen molar-refractivity contribution in [3.8, 4) is 0 Å². The molecule has 3 nitrogen and oxygen atoms in total. The molecule has 0 atom stereocenters. The highest BCUT2D eigenvalue weighted by Crippen LogP contribution is 2.62. The molecule has 1 rings (SSSR count). The third-order valence-corrected chi connectivity index (χ3v) is 6.24. The van der Waals surface area contributed by atoms with E-state index in [1.807, 2.05) is 45.9 Å². The van der Waals surface area contributed by atoms with Gasteiger partial charge in [-0.1, -0.05) is 30.3 Å². The van der Waals surface area contributed by atoms with Gasteiger partial charge in [0.1, 0.15) is 0 Å². The van der Waals surface area contributed by atoms with Gasteiger partial charge < -0.3 is 0 Å². The Bertz CT molecular complexity index is 392. The van der Waals surface area contributed by atoms with Crippen molar-refractivity contribution in [3.63, 3.8) is 0 Å². The molecule has 0 aliphatic rings. The van der Waals surface area contributed by atoms with E-state index in [4.69, 9.17) is 9.05 Å². The molecule has 0 saturated carbocycles. The Balaban J connectivity index is 2.51. The van der Waals surface area contributed by atoms with Crippen LogP contribution in [0.15, 0.2) is 30.3 Å². The molecule has 0 fully saturated rings. The summed E-state index contributed by atoms with van der Waals surface area (Å²) in [4.78, 5) is 0. The molecule has 0 unspecified atom stereocenters. The monoisotopic (exact) mass is 302 g/mol. The lowest BCUT2D eigenvalue weighted by Gasteiger charge is -2.21. The van der Waals surface area contributed by atoms with Crippen LogP contribution in [0.25, 0.3) is 0 Å². The van der Waals surface area contributed by atoms with Gasteiger partial charge in [0.2, 0.25) is 0 Å². The molecular formula is C14H23O3PS. The molecule has 108 valence electrons. The van der Waals surface area contributed by atoms with Crippen molar-refractivity contribution in [3.05, 3.63) is 35.9 Å². The highest BCUT2D eigenvalue weighted by Gasteiger charge is 2.28. The quantitative estimate of drug-likeness (QED) is 0.638.